The maximum Gasteiger partial charge on any atom is 0.416 e. The minimum Gasteiger partial charge on any atom is -0.370 e. The Balaban J connectivity index is 1.33. The molecule has 0 radical (unpaired) electrons. The second-order valence-corrected chi connectivity index (χ2v) is 12.2. The molecule has 0 spiro atoms. The number of carbonyl (C=O) groups is 3. The van der Waals surface area contributed by atoms with Gasteiger partial charge in [-0.05, 0) is 49.1 Å². The second-order valence-electron chi connectivity index (χ2n) is 9.99. The Hall–Kier alpha value is -3.41. The molecule has 3 heterocycles. The number of piperidine rings is 1. The van der Waals surface area contributed by atoms with E-state index in [4.69, 9.17) is 0 Å². The van der Waals surface area contributed by atoms with Crippen LogP contribution in [0.15, 0.2) is 42.5 Å². The minimum absolute atomic E-state index is 0.0536. The molecule has 2 atom stereocenters. The van der Waals surface area contributed by atoms with E-state index in [-0.39, 0.29) is 47.2 Å². The molecule has 5 rings (SSSR count). The highest BCUT2D eigenvalue weighted by atomic mass is 32.2. The van der Waals surface area contributed by atoms with Gasteiger partial charge in [0.2, 0.25) is 5.91 Å². The van der Waals surface area contributed by atoms with Crippen molar-refractivity contribution in [1.29, 1.82) is 0 Å². The quantitative estimate of drug-likeness (QED) is 0.576. The first kappa shape index (κ1) is 26.2. The zero-order valence-corrected chi connectivity index (χ0v) is 21.1. The number of anilines is 1. The third-order valence-corrected chi connectivity index (χ3v) is 9.05. The summed E-state index contributed by atoms with van der Waals surface area (Å²) in [4.78, 5) is 42.2. The second kappa shape index (κ2) is 9.72. The van der Waals surface area contributed by atoms with Gasteiger partial charge in [-0.15, -0.1) is 0 Å². The van der Waals surface area contributed by atoms with Gasteiger partial charge in [-0.25, -0.2) is 8.42 Å². The molecule has 202 valence electrons. The summed E-state index contributed by atoms with van der Waals surface area (Å²) in [5.74, 6) is -1.86. The van der Waals surface area contributed by atoms with E-state index in [0.717, 1.165) is 17.0 Å². The maximum absolute atomic E-state index is 13.4. The molecule has 0 aliphatic carbocycles. The lowest BCUT2D eigenvalue weighted by molar-refractivity contribution is -0.137. The van der Waals surface area contributed by atoms with Gasteiger partial charge in [-0.1, -0.05) is 18.2 Å². The molecular formula is C26H26F3N3O5S. The number of nitrogens with zero attached hydrogens (tertiary/aromatic N) is 2. The molecule has 38 heavy (non-hydrogen) atoms. The largest absolute Gasteiger partial charge is 0.416 e. The molecule has 3 amide bonds. The molecule has 0 unspecified atom stereocenters. The lowest BCUT2D eigenvalue weighted by atomic mass is 9.95. The average molecular weight is 550 g/mol. The van der Waals surface area contributed by atoms with Crippen LogP contribution in [0.4, 0.5) is 18.9 Å². The fraction of sp³-hybridized carbons (Fsp3) is 0.423. The van der Waals surface area contributed by atoms with Crippen LogP contribution in [0, 0.1) is 5.92 Å². The molecule has 2 aromatic rings. The van der Waals surface area contributed by atoms with E-state index < -0.39 is 45.4 Å². The average Bonchev–Trinajstić information content (AvgIpc) is 3.34. The number of alkyl halides is 3. The van der Waals surface area contributed by atoms with Crippen molar-refractivity contribution in [3.8, 4) is 0 Å². The molecule has 2 saturated heterocycles. The Morgan fingerprint density at radius 1 is 1.05 bits per heavy atom. The van der Waals surface area contributed by atoms with Gasteiger partial charge in [0.1, 0.15) is 0 Å². The van der Waals surface area contributed by atoms with E-state index in [1.54, 1.807) is 12.1 Å². The monoisotopic (exact) mass is 549 g/mol. The van der Waals surface area contributed by atoms with Crippen molar-refractivity contribution >= 4 is 33.2 Å². The van der Waals surface area contributed by atoms with Crippen LogP contribution in [-0.4, -0.2) is 61.7 Å². The molecule has 2 fully saturated rings. The van der Waals surface area contributed by atoms with Crippen LogP contribution in [0.25, 0.3) is 0 Å². The fourth-order valence-corrected chi connectivity index (χ4v) is 7.06. The van der Waals surface area contributed by atoms with E-state index in [2.05, 4.69) is 5.32 Å². The number of fused-ring (bicyclic) bond motifs is 1. The highest BCUT2D eigenvalue weighted by Crippen LogP contribution is 2.35. The Morgan fingerprint density at radius 2 is 1.82 bits per heavy atom. The summed E-state index contributed by atoms with van der Waals surface area (Å²) in [5.41, 5.74) is 0.155. The van der Waals surface area contributed by atoms with Crippen molar-refractivity contribution in [3.63, 3.8) is 0 Å². The predicted octanol–water partition coefficient (Wildman–Crippen LogP) is 3.02. The summed E-state index contributed by atoms with van der Waals surface area (Å²) in [6.07, 6.45) is -2.91. The zero-order chi connectivity index (χ0) is 27.2. The molecule has 12 heteroatoms. The number of nitrogens with one attached hydrogen (secondary N) is 1. The smallest absolute Gasteiger partial charge is 0.370 e. The van der Waals surface area contributed by atoms with Crippen molar-refractivity contribution in [2.75, 3.05) is 29.5 Å². The summed E-state index contributed by atoms with van der Waals surface area (Å²) >= 11 is 0. The van der Waals surface area contributed by atoms with E-state index in [1.165, 1.54) is 18.2 Å². The van der Waals surface area contributed by atoms with Crippen molar-refractivity contribution in [3.05, 3.63) is 64.7 Å². The molecule has 2 aromatic carbocycles. The van der Waals surface area contributed by atoms with Gasteiger partial charge in [0, 0.05) is 19.1 Å². The highest BCUT2D eigenvalue weighted by molar-refractivity contribution is 7.91. The topological polar surface area (TPSA) is 104 Å². The first-order valence-electron chi connectivity index (χ1n) is 12.3. The van der Waals surface area contributed by atoms with Crippen molar-refractivity contribution < 1.29 is 36.0 Å². The third kappa shape index (κ3) is 5.13. The van der Waals surface area contributed by atoms with Crippen LogP contribution in [0.2, 0.25) is 0 Å². The van der Waals surface area contributed by atoms with E-state index in [0.29, 0.717) is 31.5 Å². The Bertz CT molecular complexity index is 1410. The van der Waals surface area contributed by atoms with Gasteiger partial charge in [0.05, 0.1) is 46.3 Å². The van der Waals surface area contributed by atoms with Gasteiger partial charge < -0.3 is 10.2 Å². The fourth-order valence-electron chi connectivity index (χ4n) is 5.39. The molecule has 1 N–H and O–H groups in total. The summed E-state index contributed by atoms with van der Waals surface area (Å²) in [6, 6.07) is 8.96. The van der Waals surface area contributed by atoms with Gasteiger partial charge in [-0.3, -0.25) is 19.3 Å². The van der Waals surface area contributed by atoms with E-state index >= 15 is 0 Å². The van der Waals surface area contributed by atoms with Gasteiger partial charge in [-0.2, -0.15) is 13.2 Å². The minimum atomic E-state index is -4.55. The molecule has 0 saturated carbocycles. The number of hydrogen-bond acceptors (Lipinski definition) is 6. The number of halogens is 3. The predicted molar refractivity (Wildman–Crippen MR) is 132 cm³/mol. The normalized spacial score (nSPS) is 23.0. The Labute approximate surface area is 217 Å². The van der Waals surface area contributed by atoms with Crippen LogP contribution in [-0.2, 0) is 27.4 Å². The zero-order valence-electron chi connectivity index (χ0n) is 20.3. The van der Waals surface area contributed by atoms with Crippen LogP contribution < -0.4 is 10.2 Å². The maximum atomic E-state index is 13.4. The molecule has 3 aliphatic heterocycles. The standard InChI is InChI=1S/C26H26F3N3O5S/c27-26(28,29)18-6-1-4-16(12-18)13-32-24(34)20-7-2-8-21(22(20)25(32)35)31-10-3-5-17(14-31)23(33)30-19-9-11-38(36,37)15-19/h1-2,4,6-8,12,17,19H,3,5,9-11,13-15H2,(H,30,33)/t17-,19+/m0/s1. The molecule has 3 aliphatic rings. The number of sulfone groups is 1. The Morgan fingerprint density at radius 3 is 2.53 bits per heavy atom. The molecule has 8 nitrogen and oxygen atoms in total. The van der Waals surface area contributed by atoms with E-state index in [1.807, 2.05) is 4.90 Å². The summed E-state index contributed by atoms with van der Waals surface area (Å²) < 4.78 is 62.9. The number of amides is 3. The van der Waals surface area contributed by atoms with Crippen LogP contribution in [0.1, 0.15) is 51.1 Å². The number of hydrogen-bond donors (Lipinski definition) is 1. The molecular weight excluding hydrogens is 523 g/mol. The van der Waals surface area contributed by atoms with Gasteiger partial charge in [0.15, 0.2) is 9.84 Å². The Kier molecular flexibility index (Phi) is 6.70. The summed E-state index contributed by atoms with van der Waals surface area (Å²) in [7, 11) is -3.14. The van der Waals surface area contributed by atoms with Gasteiger partial charge >= 0.3 is 6.18 Å². The van der Waals surface area contributed by atoms with Crippen molar-refractivity contribution in [2.45, 2.75) is 38.0 Å². The van der Waals surface area contributed by atoms with Crippen LogP contribution in [0.3, 0.4) is 0 Å². The first-order valence-corrected chi connectivity index (χ1v) is 14.2. The lowest BCUT2D eigenvalue weighted by Gasteiger charge is -2.35. The number of rotatable bonds is 5. The highest BCUT2D eigenvalue weighted by Gasteiger charge is 2.40. The lowest BCUT2D eigenvalue weighted by Crippen LogP contribution is -2.46. The van der Waals surface area contributed by atoms with E-state index in [9.17, 15) is 36.0 Å². The van der Waals surface area contributed by atoms with Crippen LogP contribution in [0.5, 0.6) is 0 Å². The summed E-state index contributed by atoms with van der Waals surface area (Å²) in [5, 5.41) is 2.84. The number of imide groups is 1. The van der Waals surface area contributed by atoms with Crippen molar-refractivity contribution in [2.24, 2.45) is 5.92 Å². The summed E-state index contributed by atoms with van der Waals surface area (Å²) in [6.45, 7) is 0.537. The molecule has 0 bridgehead atoms. The van der Waals surface area contributed by atoms with Crippen LogP contribution >= 0.6 is 0 Å². The van der Waals surface area contributed by atoms with Gasteiger partial charge in [0.25, 0.3) is 11.8 Å². The SMILES string of the molecule is O=C(N[C@@H]1CCS(=O)(=O)C1)[C@H]1CCCN(c2cccc3c2C(=O)N(Cc2cccc(C(F)(F)F)c2)C3=O)C1. The third-order valence-electron chi connectivity index (χ3n) is 7.28. The number of carbonyl (C=O) groups excluding carboxylic acids is 3. The number of benzene rings is 2. The van der Waals surface area contributed by atoms with Crippen molar-refractivity contribution in [1.82, 2.24) is 10.2 Å². The first-order chi connectivity index (χ1) is 17.9. The molecule has 0 aromatic heterocycles.